The molecule has 0 atom stereocenters. The molecule has 1 fully saturated rings. The molecule has 1 aliphatic rings. The Morgan fingerprint density at radius 1 is 1.21 bits per heavy atom. The van der Waals surface area contributed by atoms with Crippen molar-refractivity contribution in [3.05, 3.63) is 39.8 Å². The minimum Gasteiger partial charge on any atom is -0.496 e. The van der Waals surface area contributed by atoms with E-state index in [2.05, 4.69) is 32.8 Å². The lowest BCUT2D eigenvalue weighted by Gasteiger charge is -2.31. The van der Waals surface area contributed by atoms with Gasteiger partial charge in [0.25, 0.3) is 0 Å². The summed E-state index contributed by atoms with van der Waals surface area (Å²) in [6, 6.07) is 6.32. The van der Waals surface area contributed by atoms with E-state index in [9.17, 15) is 4.79 Å². The summed E-state index contributed by atoms with van der Waals surface area (Å²) in [4.78, 5) is 26.6. The summed E-state index contributed by atoms with van der Waals surface area (Å²) in [6.45, 7) is 6.61. The zero-order valence-electron chi connectivity index (χ0n) is 20.0. The maximum Gasteiger partial charge on any atom is 0.328 e. The van der Waals surface area contributed by atoms with Gasteiger partial charge in [-0.05, 0) is 56.4 Å². The SMILES string of the molecule is CCCCOc1nc(N)c2[nH]c(=O)n(Cc3ccc(CN4CCC(CN)CC4)cc3OC)c2n1. The van der Waals surface area contributed by atoms with Crippen LogP contribution in [0.25, 0.3) is 11.2 Å². The first-order valence-electron chi connectivity index (χ1n) is 12.0. The molecule has 0 aliphatic carbocycles. The van der Waals surface area contributed by atoms with Gasteiger partial charge in [-0.3, -0.25) is 9.47 Å². The summed E-state index contributed by atoms with van der Waals surface area (Å²) in [5.74, 6) is 1.56. The van der Waals surface area contributed by atoms with Crippen LogP contribution in [0.1, 0.15) is 43.7 Å². The highest BCUT2D eigenvalue weighted by molar-refractivity contribution is 5.82. The largest absolute Gasteiger partial charge is 0.496 e. The van der Waals surface area contributed by atoms with Crippen LogP contribution in [0.2, 0.25) is 0 Å². The van der Waals surface area contributed by atoms with Crippen LogP contribution in [-0.2, 0) is 13.1 Å². The number of hydrogen-bond donors (Lipinski definition) is 3. The highest BCUT2D eigenvalue weighted by Gasteiger charge is 2.19. The number of nitrogens with two attached hydrogens (primary N) is 2. The van der Waals surface area contributed by atoms with Gasteiger partial charge in [0.05, 0.1) is 20.3 Å². The van der Waals surface area contributed by atoms with Gasteiger partial charge in [0.1, 0.15) is 11.3 Å². The van der Waals surface area contributed by atoms with Crippen molar-refractivity contribution >= 4 is 17.0 Å². The number of rotatable bonds is 10. The van der Waals surface area contributed by atoms with E-state index in [1.165, 1.54) is 10.1 Å². The first-order valence-corrected chi connectivity index (χ1v) is 12.0. The van der Waals surface area contributed by atoms with E-state index in [1.807, 2.05) is 12.1 Å². The Morgan fingerprint density at radius 2 is 2.00 bits per heavy atom. The van der Waals surface area contributed by atoms with Crippen molar-refractivity contribution in [2.75, 3.05) is 39.1 Å². The van der Waals surface area contributed by atoms with Crippen molar-refractivity contribution in [2.45, 2.75) is 45.7 Å². The Balaban J connectivity index is 1.55. The molecule has 0 bridgehead atoms. The first kappa shape index (κ1) is 24.0. The van der Waals surface area contributed by atoms with Gasteiger partial charge in [0.2, 0.25) is 0 Å². The Kier molecular flexibility index (Phi) is 7.69. The van der Waals surface area contributed by atoms with Gasteiger partial charge in [0, 0.05) is 12.1 Å². The number of likely N-dealkylation sites (tertiary alicyclic amines) is 1. The number of aromatic amines is 1. The molecule has 0 unspecified atom stereocenters. The number of benzene rings is 1. The van der Waals surface area contributed by atoms with E-state index >= 15 is 0 Å². The molecule has 34 heavy (non-hydrogen) atoms. The highest BCUT2D eigenvalue weighted by Crippen LogP contribution is 2.25. The van der Waals surface area contributed by atoms with Crippen molar-refractivity contribution in [3.8, 4) is 11.8 Å². The van der Waals surface area contributed by atoms with Crippen LogP contribution >= 0.6 is 0 Å². The molecule has 10 nitrogen and oxygen atoms in total. The minimum atomic E-state index is -0.310. The second-order valence-electron chi connectivity index (χ2n) is 8.91. The van der Waals surface area contributed by atoms with E-state index in [4.69, 9.17) is 20.9 Å². The van der Waals surface area contributed by atoms with Crippen LogP contribution < -0.4 is 26.6 Å². The summed E-state index contributed by atoms with van der Waals surface area (Å²) < 4.78 is 12.8. The highest BCUT2D eigenvalue weighted by atomic mass is 16.5. The van der Waals surface area contributed by atoms with Gasteiger partial charge in [0.15, 0.2) is 11.5 Å². The summed E-state index contributed by atoms with van der Waals surface area (Å²) in [5.41, 5.74) is 14.5. The molecule has 1 aromatic carbocycles. The first-order chi connectivity index (χ1) is 16.5. The smallest absolute Gasteiger partial charge is 0.328 e. The number of nitrogens with zero attached hydrogens (tertiary/aromatic N) is 4. The van der Waals surface area contributed by atoms with Crippen LogP contribution in [0.5, 0.6) is 11.8 Å². The average Bonchev–Trinajstić information content (AvgIpc) is 3.16. The normalized spacial score (nSPS) is 15.1. The maximum atomic E-state index is 12.7. The zero-order valence-corrected chi connectivity index (χ0v) is 20.0. The molecule has 3 aromatic rings. The standard InChI is InChI=1S/C24H35N7O3/c1-3-4-11-34-23-28-21(26)20-22(29-23)31(24(32)27-20)15-18-6-5-17(12-19(18)33-2)14-30-9-7-16(13-25)8-10-30/h5-6,12,16H,3-4,7-11,13-15,25H2,1-2H3,(H,27,32)(H2,26,28,29). The van der Waals surface area contributed by atoms with E-state index in [-0.39, 0.29) is 24.1 Å². The molecular weight excluding hydrogens is 434 g/mol. The third-order valence-corrected chi connectivity index (χ3v) is 6.49. The number of aromatic nitrogens is 4. The van der Waals surface area contributed by atoms with E-state index in [0.717, 1.165) is 63.2 Å². The molecule has 3 heterocycles. The lowest BCUT2D eigenvalue weighted by atomic mass is 9.96. The number of imidazole rings is 1. The number of nitrogen functional groups attached to an aromatic ring is 1. The number of methoxy groups -OCH3 is 1. The third kappa shape index (κ3) is 5.34. The lowest BCUT2D eigenvalue weighted by molar-refractivity contribution is 0.180. The second-order valence-corrected chi connectivity index (χ2v) is 8.91. The monoisotopic (exact) mass is 469 g/mol. The van der Waals surface area contributed by atoms with E-state index in [1.54, 1.807) is 7.11 Å². The Morgan fingerprint density at radius 3 is 2.71 bits per heavy atom. The topological polar surface area (TPSA) is 137 Å². The fourth-order valence-electron chi connectivity index (χ4n) is 4.38. The Hall–Kier alpha value is -3.11. The number of piperidine rings is 1. The molecule has 0 radical (unpaired) electrons. The molecule has 5 N–H and O–H groups in total. The minimum absolute atomic E-state index is 0.173. The zero-order chi connectivity index (χ0) is 24.1. The van der Waals surface area contributed by atoms with Gasteiger partial charge >= 0.3 is 11.7 Å². The van der Waals surface area contributed by atoms with Gasteiger partial charge < -0.3 is 25.9 Å². The summed E-state index contributed by atoms with van der Waals surface area (Å²) in [7, 11) is 1.65. The molecule has 4 rings (SSSR count). The fraction of sp³-hybridized carbons (Fsp3) is 0.542. The van der Waals surface area contributed by atoms with Crippen LogP contribution in [0.3, 0.4) is 0 Å². The fourth-order valence-corrected chi connectivity index (χ4v) is 4.38. The summed E-state index contributed by atoms with van der Waals surface area (Å²) in [5, 5.41) is 0. The summed E-state index contributed by atoms with van der Waals surface area (Å²) in [6.07, 6.45) is 4.17. The molecule has 0 amide bonds. The molecule has 0 spiro atoms. The predicted molar refractivity (Wildman–Crippen MR) is 132 cm³/mol. The molecular formula is C24H35N7O3. The lowest BCUT2D eigenvalue weighted by Crippen LogP contribution is -2.35. The van der Waals surface area contributed by atoms with Crippen LogP contribution in [0.15, 0.2) is 23.0 Å². The Labute approximate surface area is 199 Å². The number of H-pyrrole nitrogens is 1. The van der Waals surface area contributed by atoms with Gasteiger partial charge in [-0.2, -0.15) is 9.97 Å². The third-order valence-electron chi connectivity index (χ3n) is 6.49. The van der Waals surface area contributed by atoms with Crippen molar-refractivity contribution in [3.63, 3.8) is 0 Å². The molecule has 184 valence electrons. The Bertz CT molecular complexity index is 1170. The number of unbranched alkanes of at least 4 members (excludes halogenated alkanes) is 1. The van der Waals surface area contributed by atoms with Crippen molar-refractivity contribution in [1.29, 1.82) is 0 Å². The maximum absolute atomic E-state index is 12.7. The molecule has 10 heteroatoms. The predicted octanol–water partition coefficient (Wildman–Crippen LogP) is 2.11. The van der Waals surface area contributed by atoms with Crippen LogP contribution in [-0.4, -0.2) is 57.8 Å². The van der Waals surface area contributed by atoms with Gasteiger partial charge in [-0.25, -0.2) is 4.79 Å². The number of fused-ring (bicyclic) bond motifs is 1. The number of nitrogens with one attached hydrogen (secondary N) is 1. The van der Waals surface area contributed by atoms with Crippen LogP contribution in [0.4, 0.5) is 5.82 Å². The van der Waals surface area contributed by atoms with E-state index < -0.39 is 0 Å². The van der Waals surface area contributed by atoms with Crippen molar-refractivity contribution < 1.29 is 9.47 Å². The quantitative estimate of drug-likeness (QED) is 0.384. The summed E-state index contributed by atoms with van der Waals surface area (Å²) >= 11 is 0. The van der Waals surface area contributed by atoms with Crippen molar-refractivity contribution in [2.24, 2.45) is 11.7 Å². The second kappa shape index (κ2) is 10.9. The number of anilines is 1. The molecule has 0 saturated carbocycles. The van der Waals surface area contributed by atoms with E-state index in [0.29, 0.717) is 23.7 Å². The molecule has 1 aliphatic heterocycles. The molecule has 2 aromatic heterocycles. The van der Waals surface area contributed by atoms with Gasteiger partial charge in [-0.15, -0.1) is 0 Å². The van der Waals surface area contributed by atoms with Gasteiger partial charge in [-0.1, -0.05) is 25.5 Å². The van der Waals surface area contributed by atoms with Crippen LogP contribution in [0, 0.1) is 5.92 Å². The molecule has 1 saturated heterocycles. The number of hydrogen-bond acceptors (Lipinski definition) is 8. The van der Waals surface area contributed by atoms with Crippen molar-refractivity contribution in [1.82, 2.24) is 24.4 Å². The number of ether oxygens (including phenoxy) is 2. The average molecular weight is 470 g/mol.